The molecule has 18 heavy (non-hydrogen) atoms. The van der Waals surface area contributed by atoms with E-state index in [9.17, 15) is 0 Å². The number of nitrogens with zero attached hydrogens (tertiary/aromatic N) is 3. The van der Waals surface area contributed by atoms with Crippen LogP contribution in [0.5, 0.6) is 0 Å². The largest absolute Gasteiger partial charge is 0.440 e. The minimum Gasteiger partial charge on any atom is -0.440 e. The van der Waals surface area contributed by atoms with Crippen LogP contribution in [-0.2, 0) is 0 Å². The second-order valence-electron chi connectivity index (χ2n) is 3.40. The molecule has 0 amide bonds. The molecule has 0 aliphatic rings. The molecule has 0 aliphatic heterocycles. The first-order chi connectivity index (χ1) is 8.81. The van der Waals surface area contributed by atoms with Gasteiger partial charge in [0.25, 0.3) is 5.22 Å². The third-order valence-electron chi connectivity index (χ3n) is 2.02. The SMILES string of the molecule is CCCNc1cc(Sc2ncco2)nc(SC)n1. The zero-order valence-electron chi connectivity index (χ0n) is 10.2. The van der Waals surface area contributed by atoms with Crippen molar-refractivity contribution in [3.8, 4) is 0 Å². The monoisotopic (exact) mass is 282 g/mol. The van der Waals surface area contributed by atoms with E-state index in [1.54, 1.807) is 12.5 Å². The van der Waals surface area contributed by atoms with Gasteiger partial charge in [0.15, 0.2) is 5.16 Å². The van der Waals surface area contributed by atoms with Gasteiger partial charge in [0.05, 0.1) is 6.20 Å². The van der Waals surface area contributed by atoms with E-state index in [0.29, 0.717) is 5.22 Å². The molecule has 5 nitrogen and oxygen atoms in total. The van der Waals surface area contributed by atoms with E-state index in [0.717, 1.165) is 29.0 Å². The van der Waals surface area contributed by atoms with Crippen LogP contribution < -0.4 is 5.32 Å². The normalized spacial score (nSPS) is 10.6. The van der Waals surface area contributed by atoms with E-state index in [4.69, 9.17) is 4.42 Å². The third-order valence-corrected chi connectivity index (χ3v) is 3.36. The van der Waals surface area contributed by atoms with Crippen LogP contribution in [-0.4, -0.2) is 27.8 Å². The van der Waals surface area contributed by atoms with Crippen molar-refractivity contribution in [2.24, 2.45) is 0 Å². The Morgan fingerprint density at radius 2 is 2.28 bits per heavy atom. The molecular weight excluding hydrogens is 268 g/mol. The van der Waals surface area contributed by atoms with Gasteiger partial charge >= 0.3 is 0 Å². The highest BCUT2D eigenvalue weighted by Gasteiger charge is 2.07. The summed E-state index contributed by atoms with van der Waals surface area (Å²) in [5, 5.41) is 5.42. The first-order valence-electron chi connectivity index (χ1n) is 5.56. The average molecular weight is 282 g/mol. The molecule has 1 N–H and O–H groups in total. The molecule has 2 aromatic rings. The molecule has 0 atom stereocenters. The summed E-state index contributed by atoms with van der Waals surface area (Å²) in [6.07, 6.45) is 6.18. The van der Waals surface area contributed by atoms with Crippen molar-refractivity contribution < 1.29 is 4.42 Å². The number of aromatic nitrogens is 3. The molecule has 0 spiro atoms. The number of nitrogens with one attached hydrogen (secondary N) is 1. The van der Waals surface area contributed by atoms with E-state index < -0.39 is 0 Å². The van der Waals surface area contributed by atoms with E-state index in [2.05, 4.69) is 27.2 Å². The first kappa shape index (κ1) is 13.2. The summed E-state index contributed by atoms with van der Waals surface area (Å²) in [6.45, 7) is 3.01. The Labute approximate surface area is 114 Å². The predicted molar refractivity (Wildman–Crippen MR) is 73.2 cm³/mol. The topological polar surface area (TPSA) is 63.8 Å². The van der Waals surface area contributed by atoms with Gasteiger partial charge in [-0.25, -0.2) is 15.0 Å². The molecule has 0 unspecified atom stereocenters. The van der Waals surface area contributed by atoms with Crippen LogP contribution >= 0.6 is 23.5 Å². The Morgan fingerprint density at radius 1 is 1.39 bits per heavy atom. The van der Waals surface area contributed by atoms with Gasteiger partial charge in [-0.05, 0) is 24.4 Å². The molecule has 2 heterocycles. The Kier molecular flexibility index (Phi) is 4.89. The lowest BCUT2D eigenvalue weighted by Gasteiger charge is -2.06. The van der Waals surface area contributed by atoms with Crippen LogP contribution in [0.15, 0.2) is 38.3 Å². The molecule has 0 aromatic carbocycles. The van der Waals surface area contributed by atoms with Crippen LogP contribution in [0.2, 0.25) is 0 Å². The van der Waals surface area contributed by atoms with Crippen molar-refractivity contribution in [1.82, 2.24) is 15.0 Å². The molecule has 2 rings (SSSR count). The summed E-state index contributed by atoms with van der Waals surface area (Å²) in [6, 6.07) is 1.91. The Morgan fingerprint density at radius 3 is 2.94 bits per heavy atom. The fourth-order valence-corrected chi connectivity index (χ4v) is 2.38. The van der Waals surface area contributed by atoms with Gasteiger partial charge in [-0.1, -0.05) is 18.7 Å². The van der Waals surface area contributed by atoms with Gasteiger partial charge < -0.3 is 9.73 Å². The van der Waals surface area contributed by atoms with Crippen LogP contribution in [0.1, 0.15) is 13.3 Å². The van der Waals surface area contributed by atoms with Gasteiger partial charge in [-0.15, -0.1) is 0 Å². The third kappa shape index (κ3) is 3.64. The van der Waals surface area contributed by atoms with E-state index >= 15 is 0 Å². The lowest BCUT2D eigenvalue weighted by Crippen LogP contribution is -2.03. The maximum Gasteiger partial charge on any atom is 0.261 e. The molecule has 7 heteroatoms. The number of rotatable bonds is 6. The summed E-state index contributed by atoms with van der Waals surface area (Å²) in [4.78, 5) is 12.9. The van der Waals surface area contributed by atoms with Gasteiger partial charge in [0.1, 0.15) is 17.1 Å². The Bertz CT molecular complexity index is 490. The first-order valence-corrected chi connectivity index (χ1v) is 7.60. The fraction of sp³-hybridized carbons (Fsp3) is 0.364. The van der Waals surface area contributed by atoms with Crippen molar-refractivity contribution in [2.75, 3.05) is 18.1 Å². The highest BCUT2D eigenvalue weighted by atomic mass is 32.2. The average Bonchev–Trinajstić information content (AvgIpc) is 2.89. The smallest absolute Gasteiger partial charge is 0.261 e. The molecule has 0 radical (unpaired) electrons. The fourth-order valence-electron chi connectivity index (χ4n) is 1.24. The second kappa shape index (κ2) is 6.65. The van der Waals surface area contributed by atoms with Gasteiger partial charge in [-0.2, -0.15) is 0 Å². The standard InChI is InChI=1S/C11H14N4OS2/c1-3-4-12-8-7-9(15-10(14-8)17-2)18-11-13-5-6-16-11/h5-7H,3-4H2,1-2H3,(H,12,14,15). The molecule has 2 aromatic heterocycles. The molecule has 0 fully saturated rings. The van der Waals surface area contributed by atoms with Gasteiger partial charge in [0.2, 0.25) is 0 Å². The van der Waals surface area contributed by atoms with E-state index in [1.807, 2.05) is 12.3 Å². The number of anilines is 1. The molecule has 96 valence electrons. The number of thioether (sulfide) groups is 1. The molecule has 0 saturated heterocycles. The van der Waals surface area contributed by atoms with Crippen molar-refractivity contribution >= 4 is 29.3 Å². The van der Waals surface area contributed by atoms with E-state index in [1.165, 1.54) is 23.5 Å². The molecule has 0 saturated carbocycles. The number of oxazole rings is 1. The summed E-state index contributed by atoms with van der Waals surface area (Å²) in [5.74, 6) is 0.838. The lowest BCUT2D eigenvalue weighted by atomic mass is 10.4. The van der Waals surface area contributed by atoms with Crippen molar-refractivity contribution in [2.45, 2.75) is 28.7 Å². The Balaban J connectivity index is 2.17. The minimum atomic E-state index is 0.585. The van der Waals surface area contributed by atoms with Crippen molar-refractivity contribution in [1.29, 1.82) is 0 Å². The Hall–Kier alpha value is -1.21. The number of hydrogen-bond acceptors (Lipinski definition) is 7. The number of hydrogen-bond donors (Lipinski definition) is 1. The highest BCUT2D eigenvalue weighted by molar-refractivity contribution is 7.99. The zero-order valence-corrected chi connectivity index (χ0v) is 11.8. The quantitative estimate of drug-likeness (QED) is 0.496. The summed E-state index contributed by atoms with van der Waals surface area (Å²) in [5.41, 5.74) is 0. The molecule has 0 bridgehead atoms. The zero-order chi connectivity index (χ0) is 12.8. The predicted octanol–water partition coefficient (Wildman–Crippen LogP) is 3.16. The maximum absolute atomic E-state index is 5.20. The van der Waals surface area contributed by atoms with Crippen LogP contribution in [0.3, 0.4) is 0 Å². The van der Waals surface area contributed by atoms with Crippen LogP contribution in [0.4, 0.5) is 5.82 Å². The van der Waals surface area contributed by atoms with Crippen LogP contribution in [0.25, 0.3) is 0 Å². The minimum absolute atomic E-state index is 0.585. The van der Waals surface area contributed by atoms with Gasteiger partial charge in [-0.3, -0.25) is 0 Å². The van der Waals surface area contributed by atoms with Crippen LogP contribution in [0, 0.1) is 0 Å². The second-order valence-corrected chi connectivity index (χ2v) is 5.15. The molecular formula is C11H14N4OS2. The van der Waals surface area contributed by atoms with Crippen molar-refractivity contribution in [3.63, 3.8) is 0 Å². The van der Waals surface area contributed by atoms with Gasteiger partial charge in [0, 0.05) is 12.6 Å². The van der Waals surface area contributed by atoms with Crippen molar-refractivity contribution in [3.05, 3.63) is 18.5 Å². The van der Waals surface area contributed by atoms with E-state index in [-0.39, 0.29) is 0 Å². The summed E-state index contributed by atoms with van der Waals surface area (Å²) < 4.78 is 5.20. The lowest BCUT2D eigenvalue weighted by molar-refractivity contribution is 0.454. The summed E-state index contributed by atoms with van der Waals surface area (Å²) >= 11 is 2.91. The highest BCUT2D eigenvalue weighted by Crippen LogP contribution is 2.27. The maximum atomic E-state index is 5.20. The molecule has 0 aliphatic carbocycles. The summed E-state index contributed by atoms with van der Waals surface area (Å²) in [7, 11) is 0.